The highest BCUT2D eigenvalue weighted by Gasteiger charge is 2.33. The molecule has 38 heavy (non-hydrogen) atoms. The van der Waals surface area contributed by atoms with E-state index >= 15 is 0 Å². The Labute approximate surface area is 238 Å². The van der Waals surface area contributed by atoms with Gasteiger partial charge in [-0.15, -0.1) is 0 Å². The second kappa shape index (κ2) is 13.3. The van der Waals surface area contributed by atoms with Gasteiger partial charge < -0.3 is 10.2 Å². The summed E-state index contributed by atoms with van der Waals surface area (Å²) in [5.74, 6) is -0.823. The van der Waals surface area contributed by atoms with Crippen molar-refractivity contribution in [2.45, 2.75) is 32.9 Å². The van der Waals surface area contributed by atoms with Gasteiger partial charge in [0, 0.05) is 29.0 Å². The molecule has 202 valence electrons. The Bertz CT molecular complexity index is 1370. The van der Waals surface area contributed by atoms with Crippen molar-refractivity contribution < 1.29 is 18.0 Å². The molecule has 0 radical (unpaired) electrons. The number of benzene rings is 3. The van der Waals surface area contributed by atoms with Crippen molar-refractivity contribution in [1.29, 1.82) is 0 Å². The van der Waals surface area contributed by atoms with Crippen LogP contribution in [0.2, 0.25) is 5.02 Å². The van der Waals surface area contributed by atoms with Gasteiger partial charge in [0.05, 0.1) is 11.9 Å². The molecule has 7 nitrogen and oxygen atoms in total. The fraction of sp³-hybridized carbons (Fsp3) is 0.286. The Kier molecular flexibility index (Phi) is 10.4. The number of anilines is 1. The molecule has 3 rings (SSSR count). The van der Waals surface area contributed by atoms with E-state index in [1.165, 1.54) is 4.90 Å². The minimum Gasteiger partial charge on any atom is -0.355 e. The molecule has 3 aromatic rings. The number of amides is 2. The van der Waals surface area contributed by atoms with Gasteiger partial charge >= 0.3 is 0 Å². The van der Waals surface area contributed by atoms with Gasteiger partial charge in [0.15, 0.2) is 0 Å². The molecule has 0 saturated heterocycles. The molecule has 0 aliphatic rings. The highest BCUT2D eigenvalue weighted by atomic mass is 79.9. The fourth-order valence-electron chi connectivity index (χ4n) is 4.09. The van der Waals surface area contributed by atoms with E-state index in [1.54, 1.807) is 25.1 Å². The molecule has 0 heterocycles. The molecule has 0 aliphatic heterocycles. The van der Waals surface area contributed by atoms with Crippen molar-refractivity contribution in [3.8, 4) is 0 Å². The highest BCUT2D eigenvalue weighted by molar-refractivity contribution is 9.10. The molecule has 0 aliphatic carbocycles. The van der Waals surface area contributed by atoms with Gasteiger partial charge in [-0.1, -0.05) is 76.1 Å². The zero-order valence-corrected chi connectivity index (χ0v) is 24.7. The van der Waals surface area contributed by atoms with Crippen molar-refractivity contribution in [2.75, 3.05) is 23.7 Å². The molecule has 0 spiro atoms. The zero-order chi connectivity index (χ0) is 27.9. The van der Waals surface area contributed by atoms with Crippen molar-refractivity contribution in [1.82, 2.24) is 10.2 Å². The summed E-state index contributed by atoms with van der Waals surface area (Å²) < 4.78 is 27.7. The van der Waals surface area contributed by atoms with E-state index in [4.69, 9.17) is 11.6 Å². The minimum atomic E-state index is -3.86. The Morgan fingerprint density at radius 1 is 0.974 bits per heavy atom. The molecule has 10 heteroatoms. The molecular formula is C28H31BrClN3O4S. The number of likely N-dealkylation sites (N-methyl/N-ethyl adjacent to an activating group) is 1. The van der Waals surface area contributed by atoms with Gasteiger partial charge in [-0.2, -0.15) is 0 Å². The topological polar surface area (TPSA) is 86.8 Å². The lowest BCUT2D eigenvalue weighted by Gasteiger charge is -2.33. The Balaban J connectivity index is 2.06. The van der Waals surface area contributed by atoms with Crippen LogP contribution in [-0.4, -0.2) is 50.5 Å². The van der Waals surface area contributed by atoms with Crippen molar-refractivity contribution in [3.63, 3.8) is 0 Å². The number of hydrogen-bond donors (Lipinski definition) is 1. The summed E-state index contributed by atoms with van der Waals surface area (Å²) in [4.78, 5) is 28.8. The van der Waals surface area contributed by atoms with E-state index in [0.717, 1.165) is 26.2 Å². The first-order valence-corrected chi connectivity index (χ1v) is 15.1. The molecule has 0 aromatic heterocycles. The van der Waals surface area contributed by atoms with Gasteiger partial charge in [0.1, 0.15) is 12.6 Å². The van der Waals surface area contributed by atoms with Gasteiger partial charge in [-0.3, -0.25) is 13.9 Å². The van der Waals surface area contributed by atoms with Crippen LogP contribution in [0.25, 0.3) is 0 Å². The molecule has 0 bridgehead atoms. The van der Waals surface area contributed by atoms with E-state index < -0.39 is 28.5 Å². The van der Waals surface area contributed by atoms with Crippen LogP contribution in [0, 0.1) is 6.92 Å². The zero-order valence-electron chi connectivity index (χ0n) is 21.5. The number of nitrogens with one attached hydrogen (secondary N) is 1. The summed E-state index contributed by atoms with van der Waals surface area (Å²) in [6.07, 6.45) is 1.31. The lowest BCUT2D eigenvalue weighted by molar-refractivity contribution is -0.140. The van der Waals surface area contributed by atoms with Crippen LogP contribution in [0.1, 0.15) is 23.6 Å². The first kappa shape index (κ1) is 29.7. The van der Waals surface area contributed by atoms with Crippen molar-refractivity contribution in [3.05, 3.63) is 99.0 Å². The van der Waals surface area contributed by atoms with Crippen LogP contribution in [-0.2, 0) is 32.6 Å². The summed E-state index contributed by atoms with van der Waals surface area (Å²) in [6.45, 7) is 3.54. The number of carbonyl (C=O) groups is 2. The van der Waals surface area contributed by atoms with Crippen molar-refractivity contribution >= 4 is 55.1 Å². The quantitative estimate of drug-likeness (QED) is 0.329. The summed E-state index contributed by atoms with van der Waals surface area (Å²) in [7, 11) is -3.86. The van der Waals surface area contributed by atoms with E-state index in [1.807, 2.05) is 61.5 Å². The number of nitrogens with zero attached hydrogens (tertiary/aromatic N) is 2. The first-order chi connectivity index (χ1) is 18.0. The van der Waals surface area contributed by atoms with Crippen LogP contribution < -0.4 is 9.62 Å². The monoisotopic (exact) mass is 619 g/mol. The summed E-state index contributed by atoms with van der Waals surface area (Å²) >= 11 is 9.69. The van der Waals surface area contributed by atoms with E-state index in [2.05, 4.69) is 21.2 Å². The highest BCUT2D eigenvalue weighted by Crippen LogP contribution is 2.28. The third-order valence-corrected chi connectivity index (χ3v) is 8.14. The van der Waals surface area contributed by atoms with E-state index in [-0.39, 0.29) is 18.9 Å². The predicted molar refractivity (Wildman–Crippen MR) is 156 cm³/mol. The number of carbonyl (C=O) groups excluding carboxylic acids is 2. The van der Waals surface area contributed by atoms with Gasteiger partial charge in [-0.05, 0) is 54.8 Å². The maximum Gasteiger partial charge on any atom is 0.244 e. The molecular weight excluding hydrogens is 590 g/mol. The Morgan fingerprint density at radius 2 is 1.63 bits per heavy atom. The summed E-state index contributed by atoms with van der Waals surface area (Å²) in [5, 5.41) is 3.23. The largest absolute Gasteiger partial charge is 0.355 e. The van der Waals surface area contributed by atoms with Crippen LogP contribution in [0.4, 0.5) is 5.69 Å². The lowest BCUT2D eigenvalue weighted by atomic mass is 10.0. The predicted octanol–water partition coefficient (Wildman–Crippen LogP) is 4.95. The van der Waals surface area contributed by atoms with Gasteiger partial charge in [-0.25, -0.2) is 8.42 Å². The third kappa shape index (κ3) is 7.82. The second-order valence-electron chi connectivity index (χ2n) is 8.90. The maximum atomic E-state index is 14.0. The molecule has 1 atom stereocenters. The van der Waals surface area contributed by atoms with Gasteiger partial charge in [0.2, 0.25) is 21.8 Å². The number of halogens is 2. The van der Waals surface area contributed by atoms with Gasteiger partial charge in [0.25, 0.3) is 0 Å². The molecule has 3 aromatic carbocycles. The lowest BCUT2D eigenvalue weighted by Crippen LogP contribution is -2.53. The third-order valence-electron chi connectivity index (χ3n) is 6.08. The van der Waals surface area contributed by atoms with Crippen LogP contribution >= 0.6 is 27.5 Å². The minimum absolute atomic E-state index is 0.118. The van der Waals surface area contributed by atoms with E-state index in [9.17, 15) is 18.0 Å². The van der Waals surface area contributed by atoms with E-state index in [0.29, 0.717) is 22.8 Å². The number of sulfonamides is 1. The number of rotatable bonds is 11. The average Bonchev–Trinajstić information content (AvgIpc) is 2.87. The smallest absolute Gasteiger partial charge is 0.244 e. The molecule has 0 saturated carbocycles. The van der Waals surface area contributed by atoms with Crippen LogP contribution in [0.5, 0.6) is 0 Å². The Hall–Kier alpha value is -2.88. The molecule has 0 fully saturated rings. The summed E-state index contributed by atoms with van der Waals surface area (Å²) in [6, 6.07) is 20.9. The molecule has 1 N–H and O–H groups in total. The molecule has 2 amide bonds. The first-order valence-electron chi connectivity index (χ1n) is 12.1. The maximum absolute atomic E-state index is 14.0. The van der Waals surface area contributed by atoms with Crippen LogP contribution in [0.15, 0.2) is 77.3 Å². The second-order valence-corrected chi connectivity index (χ2v) is 12.1. The number of hydrogen-bond acceptors (Lipinski definition) is 4. The van der Waals surface area contributed by atoms with Crippen LogP contribution in [0.3, 0.4) is 0 Å². The Morgan fingerprint density at radius 3 is 2.24 bits per heavy atom. The summed E-state index contributed by atoms with van der Waals surface area (Å²) in [5.41, 5.74) is 2.53. The molecule has 1 unspecified atom stereocenters. The van der Waals surface area contributed by atoms with Crippen molar-refractivity contribution in [2.24, 2.45) is 0 Å². The average molecular weight is 621 g/mol. The standard InChI is InChI=1S/C28H31BrClN3O4S/c1-4-31-28(35)26(17-21-9-6-5-7-10-21)32(18-22-13-15-23(29)16-14-22)27(34)19-33(38(3,36)37)25-12-8-11-24(30)20(25)2/h5-16,26H,4,17-19H2,1-3H3,(H,31,35). The SMILES string of the molecule is CCNC(=O)C(Cc1ccccc1)N(Cc1ccc(Br)cc1)C(=O)CN(c1cccc(Cl)c1C)S(C)(=O)=O. The normalized spacial score (nSPS) is 12.0. The fourth-order valence-corrected chi connectivity index (χ4v) is 5.43.